The van der Waals surface area contributed by atoms with Crippen molar-refractivity contribution >= 4 is 24.2 Å². The third kappa shape index (κ3) is 1.53. The van der Waals surface area contributed by atoms with Crippen molar-refractivity contribution in [1.82, 2.24) is 0 Å². The second-order valence-electron chi connectivity index (χ2n) is 2.16. The van der Waals surface area contributed by atoms with E-state index in [-0.39, 0.29) is 0 Å². The van der Waals surface area contributed by atoms with Crippen LogP contribution in [0, 0.1) is 0 Å². The van der Waals surface area contributed by atoms with E-state index in [1.54, 1.807) is 0 Å². The Hall–Kier alpha value is 0.120. The Bertz CT molecular complexity index is 179. The van der Waals surface area contributed by atoms with Gasteiger partial charge >= 0.3 is 0 Å². The zero-order chi connectivity index (χ0) is 6.85. The van der Waals surface area contributed by atoms with Crippen molar-refractivity contribution in [3.8, 4) is 0 Å². The van der Waals surface area contributed by atoms with Gasteiger partial charge in [-0.2, -0.15) is 0 Å². The van der Waals surface area contributed by atoms with E-state index in [4.69, 9.17) is 11.6 Å². The molecule has 0 atom stereocenters. The van der Waals surface area contributed by atoms with Crippen LogP contribution < -0.4 is 0 Å². The first-order valence-corrected chi connectivity index (χ1v) is 3.79. The molecular formula is C7H9ClS. The molecule has 0 saturated heterocycles. The summed E-state index contributed by atoms with van der Waals surface area (Å²) in [4.78, 5) is 1.03. The summed E-state index contributed by atoms with van der Waals surface area (Å²) in [5.74, 6) is 0. The molecule has 0 spiro atoms. The van der Waals surface area contributed by atoms with E-state index >= 15 is 0 Å². The molecule has 2 heteroatoms. The summed E-state index contributed by atoms with van der Waals surface area (Å²) in [5, 5.41) is 0.961. The van der Waals surface area contributed by atoms with E-state index in [0.717, 1.165) is 28.4 Å². The minimum atomic E-state index is 0.961. The molecular weight excluding hydrogens is 152 g/mol. The third-order valence-corrected chi connectivity index (χ3v) is 2.48. The molecule has 0 aromatic carbocycles. The predicted molar refractivity (Wildman–Crippen MR) is 44.9 cm³/mol. The SMILES string of the molecule is CC1=C(Cl)CCC=C1S. The van der Waals surface area contributed by atoms with Crippen molar-refractivity contribution in [3.63, 3.8) is 0 Å². The highest BCUT2D eigenvalue weighted by Gasteiger charge is 2.05. The summed E-state index contributed by atoms with van der Waals surface area (Å²) in [7, 11) is 0. The first-order valence-electron chi connectivity index (χ1n) is 2.96. The molecule has 9 heavy (non-hydrogen) atoms. The summed E-state index contributed by atoms with van der Waals surface area (Å²) in [6.45, 7) is 2.00. The Morgan fingerprint density at radius 1 is 1.67 bits per heavy atom. The maximum Gasteiger partial charge on any atom is 0.0224 e. The van der Waals surface area contributed by atoms with Gasteiger partial charge in [0.2, 0.25) is 0 Å². The largest absolute Gasteiger partial charge is 0.143 e. The van der Waals surface area contributed by atoms with Gasteiger partial charge in [-0.05, 0) is 25.3 Å². The summed E-state index contributed by atoms with van der Waals surface area (Å²) in [6.07, 6.45) is 4.12. The molecule has 0 aromatic rings. The van der Waals surface area contributed by atoms with Crippen molar-refractivity contribution in [2.45, 2.75) is 19.8 Å². The highest BCUT2D eigenvalue weighted by Crippen LogP contribution is 2.28. The number of rotatable bonds is 0. The molecule has 0 unspecified atom stereocenters. The fourth-order valence-corrected chi connectivity index (χ4v) is 1.36. The van der Waals surface area contributed by atoms with Crippen LogP contribution in [0.1, 0.15) is 19.8 Å². The van der Waals surface area contributed by atoms with Gasteiger partial charge in [-0.3, -0.25) is 0 Å². The Morgan fingerprint density at radius 3 is 2.78 bits per heavy atom. The first-order chi connectivity index (χ1) is 4.22. The highest BCUT2D eigenvalue weighted by atomic mass is 35.5. The van der Waals surface area contributed by atoms with Crippen molar-refractivity contribution in [2.24, 2.45) is 0 Å². The lowest BCUT2D eigenvalue weighted by Gasteiger charge is -2.09. The fraction of sp³-hybridized carbons (Fsp3) is 0.429. The lowest BCUT2D eigenvalue weighted by Crippen LogP contribution is -1.88. The summed E-state index contributed by atoms with van der Waals surface area (Å²) >= 11 is 10.1. The minimum Gasteiger partial charge on any atom is -0.143 e. The van der Waals surface area contributed by atoms with Crippen molar-refractivity contribution < 1.29 is 0 Å². The molecule has 1 aliphatic rings. The number of halogens is 1. The summed E-state index contributed by atoms with van der Waals surface area (Å²) < 4.78 is 0. The first kappa shape index (κ1) is 7.23. The normalized spacial score (nSPS) is 20.1. The molecule has 0 N–H and O–H groups in total. The van der Waals surface area contributed by atoms with Crippen LogP contribution in [0.3, 0.4) is 0 Å². The fourth-order valence-electron chi connectivity index (χ4n) is 0.815. The Kier molecular flexibility index (Phi) is 2.25. The van der Waals surface area contributed by atoms with Crippen molar-refractivity contribution in [1.29, 1.82) is 0 Å². The van der Waals surface area contributed by atoms with Gasteiger partial charge in [0.25, 0.3) is 0 Å². The molecule has 0 amide bonds. The minimum absolute atomic E-state index is 0.961. The summed E-state index contributed by atoms with van der Waals surface area (Å²) in [6, 6.07) is 0. The molecule has 0 aliphatic heterocycles. The van der Waals surface area contributed by atoms with Gasteiger partial charge in [-0.15, -0.1) is 12.6 Å². The Morgan fingerprint density at radius 2 is 2.33 bits per heavy atom. The van der Waals surface area contributed by atoms with Crippen LogP contribution in [-0.4, -0.2) is 0 Å². The van der Waals surface area contributed by atoms with Crippen LogP contribution in [-0.2, 0) is 0 Å². The number of hydrogen-bond acceptors (Lipinski definition) is 1. The van der Waals surface area contributed by atoms with Crippen molar-refractivity contribution in [3.05, 3.63) is 21.6 Å². The maximum atomic E-state index is 5.85. The molecule has 0 nitrogen and oxygen atoms in total. The quantitative estimate of drug-likeness (QED) is 0.518. The van der Waals surface area contributed by atoms with Crippen LogP contribution in [0.25, 0.3) is 0 Å². The molecule has 1 aliphatic carbocycles. The van der Waals surface area contributed by atoms with Crippen molar-refractivity contribution in [2.75, 3.05) is 0 Å². The van der Waals surface area contributed by atoms with Gasteiger partial charge in [0.15, 0.2) is 0 Å². The van der Waals surface area contributed by atoms with Crippen LogP contribution in [0.2, 0.25) is 0 Å². The van der Waals surface area contributed by atoms with Crippen LogP contribution in [0.15, 0.2) is 21.6 Å². The Labute approximate surface area is 66.0 Å². The second-order valence-corrected chi connectivity index (χ2v) is 3.10. The van der Waals surface area contributed by atoms with E-state index in [1.165, 1.54) is 0 Å². The van der Waals surface area contributed by atoms with E-state index in [1.807, 2.05) is 6.92 Å². The molecule has 0 radical (unpaired) electrons. The zero-order valence-electron chi connectivity index (χ0n) is 5.32. The van der Waals surface area contributed by atoms with Crippen LogP contribution in [0.5, 0.6) is 0 Å². The average Bonchev–Trinajstić information content (AvgIpc) is 1.83. The smallest absolute Gasteiger partial charge is 0.0224 e. The zero-order valence-corrected chi connectivity index (χ0v) is 6.97. The van der Waals surface area contributed by atoms with Crippen LogP contribution in [0.4, 0.5) is 0 Å². The number of hydrogen-bond donors (Lipinski definition) is 1. The van der Waals surface area contributed by atoms with Crippen LogP contribution >= 0.6 is 24.2 Å². The van der Waals surface area contributed by atoms with E-state index in [2.05, 4.69) is 18.7 Å². The molecule has 0 saturated carbocycles. The van der Waals surface area contributed by atoms with E-state index in [0.29, 0.717) is 0 Å². The molecule has 0 fully saturated rings. The predicted octanol–water partition coefficient (Wildman–Crippen LogP) is 3.11. The molecule has 0 heterocycles. The number of allylic oxidation sites excluding steroid dienone is 3. The molecule has 1 rings (SSSR count). The summed E-state index contributed by atoms with van der Waals surface area (Å²) in [5.41, 5.74) is 1.13. The van der Waals surface area contributed by atoms with Gasteiger partial charge in [0.1, 0.15) is 0 Å². The van der Waals surface area contributed by atoms with Gasteiger partial charge in [-0.25, -0.2) is 0 Å². The van der Waals surface area contributed by atoms with Gasteiger partial charge in [-0.1, -0.05) is 17.7 Å². The molecule has 0 bridgehead atoms. The number of thiol groups is 1. The van der Waals surface area contributed by atoms with Gasteiger partial charge in [0, 0.05) is 9.94 Å². The van der Waals surface area contributed by atoms with E-state index < -0.39 is 0 Å². The monoisotopic (exact) mass is 160 g/mol. The second kappa shape index (κ2) is 2.80. The average molecular weight is 161 g/mol. The lowest BCUT2D eigenvalue weighted by molar-refractivity contribution is 0.992. The van der Waals surface area contributed by atoms with Gasteiger partial charge < -0.3 is 0 Å². The molecule has 50 valence electrons. The third-order valence-electron chi connectivity index (χ3n) is 1.49. The standard InChI is InChI=1S/C7H9ClS/c1-5-6(8)3-2-4-7(5)9/h4,9H,2-3H2,1H3. The Balaban J connectivity index is 2.88. The van der Waals surface area contributed by atoms with E-state index in [9.17, 15) is 0 Å². The lowest BCUT2D eigenvalue weighted by atomic mass is 10.1. The topological polar surface area (TPSA) is 0 Å². The highest BCUT2D eigenvalue weighted by molar-refractivity contribution is 7.84. The molecule has 0 aromatic heterocycles. The maximum absolute atomic E-state index is 5.85. The van der Waals surface area contributed by atoms with Gasteiger partial charge in [0.05, 0.1) is 0 Å².